The third kappa shape index (κ3) is 5.25. The summed E-state index contributed by atoms with van der Waals surface area (Å²) in [5, 5.41) is 0. The summed E-state index contributed by atoms with van der Waals surface area (Å²) in [5.41, 5.74) is 0.491. The Morgan fingerprint density at radius 1 is 1.23 bits per heavy atom. The summed E-state index contributed by atoms with van der Waals surface area (Å²) < 4.78 is 5.59. The van der Waals surface area contributed by atoms with Crippen LogP contribution in [0, 0.1) is 0 Å². The second-order valence-corrected chi connectivity index (χ2v) is 6.36. The molecule has 6 nitrogen and oxygen atoms in total. The molecule has 0 heterocycles. The highest BCUT2D eigenvalue weighted by molar-refractivity contribution is 6.06. The van der Waals surface area contributed by atoms with Crippen molar-refractivity contribution in [2.75, 3.05) is 13.2 Å². The van der Waals surface area contributed by atoms with Crippen LogP contribution >= 0.6 is 0 Å². The summed E-state index contributed by atoms with van der Waals surface area (Å²) in [6, 6.07) is 6.31. The van der Waals surface area contributed by atoms with Crippen molar-refractivity contribution in [3.05, 3.63) is 29.8 Å². The molecule has 0 radical (unpaired) electrons. The van der Waals surface area contributed by atoms with Gasteiger partial charge < -0.3 is 14.4 Å². The first-order valence-electron chi connectivity index (χ1n) is 9.08. The summed E-state index contributed by atoms with van der Waals surface area (Å²) in [6.07, 6.45) is 3.69. The zero-order valence-corrected chi connectivity index (χ0v) is 15.1. The lowest BCUT2D eigenvalue weighted by atomic mass is 9.91. The molecule has 1 aromatic rings. The number of carbonyl (C=O) groups is 4. The number of carbonyl (C=O) groups excluding carboxylic acids is 4. The van der Waals surface area contributed by atoms with Gasteiger partial charge in [-0.25, -0.2) is 0 Å². The Morgan fingerprint density at radius 3 is 2.58 bits per heavy atom. The molecule has 1 aromatic carbocycles. The molecule has 0 bridgehead atoms. The number of aldehydes is 1. The van der Waals surface area contributed by atoms with E-state index in [2.05, 4.69) is 0 Å². The highest BCUT2D eigenvalue weighted by Gasteiger charge is 2.33. The van der Waals surface area contributed by atoms with Gasteiger partial charge in [0.05, 0.1) is 19.1 Å². The van der Waals surface area contributed by atoms with Crippen molar-refractivity contribution in [3.63, 3.8) is 0 Å². The highest BCUT2D eigenvalue weighted by Crippen LogP contribution is 2.21. The van der Waals surface area contributed by atoms with E-state index in [4.69, 9.17) is 4.74 Å². The fourth-order valence-electron chi connectivity index (χ4n) is 3.07. The lowest BCUT2D eigenvalue weighted by Gasteiger charge is -2.32. The molecule has 0 N–H and O–H groups in total. The Balaban J connectivity index is 1.95. The molecule has 0 aliphatic heterocycles. The van der Waals surface area contributed by atoms with Crippen molar-refractivity contribution in [3.8, 4) is 5.75 Å². The van der Waals surface area contributed by atoms with Gasteiger partial charge in [0, 0.05) is 24.9 Å². The highest BCUT2D eigenvalue weighted by atomic mass is 16.5. The SMILES string of the molecule is CCN(C(=O)c1ccc(OCCCCC=O)cc1)C1CCC(=O)CC1=O. The van der Waals surface area contributed by atoms with E-state index in [1.54, 1.807) is 29.2 Å². The van der Waals surface area contributed by atoms with E-state index in [9.17, 15) is 19.2 Å². The van der Waals surface area contributed by atoms with Crippen LogP contribution in [0.5, 0.6) is 5.75 Å². The summed E-state index contributed by atoms with van der Waals surface area (Å²) >= 11 is 0. The largest absolute Gasteiger partial charge is 0.494 e. The summed E-state index contributed by atoms with van der Waals surface area (Å²) in [4.78, 5) is 48.1. The molecule has 1 amide bonds. The maximum atomic E-state index is 12.8. The maximum absolute atomic E-state index is 12.8. The predicted molar refractivity (Wildman–Crippen MR) is 96.2 cm³/mol. The van der Waals surface area contributed by atoms with Gasteiger partial charge in [-0.05, 0) is 50.5 Å². The van der Waals surface area contributed by atoms with Gasteiger partial charge in [0.2, 0.25) is 0 Å². The number of nitrogens with zero attached hydrogens (tertiary/aromatic N) is 1. The topological polar surface area (TPSA) is 80.8 Å². The minimum absolute atomic E-state index is 0.0515. The van der Waals surface area contributed by atoms with Gasteiger partial charge >= 0.3 is 0 Å². The van der Waals surface area contributed by atoms with E-state index in [-0.39, 0.29) is 23.9 Å². The lowest BCUT2D eigenvalue weighted by molar-refractivity contribution is -0.133. The van der Waals surface area contributed by atoms with Crippen molar-refractivity contribution in [1.82, 2.24) is 4.90 Å². The predicted octanol–water partition coefficient (Wildman–Crippen LogP) is 2.59. The summed E-state index contributed by atoms with van der Waals surface area (Å²) in [7, 11) is 0. The van der Waals surface area contributed by atoms with Crippen LogP contribution in [-0.4, -0.2) is 47.9 Å². The summed E-state index contributed by atoms with van der Waals surface area (Å²) in [5.74, 6) is 0.226. The first-order chi connectivity index (χ1) is 12.6. The number of hydrogen-bond acceptors (Lipinski definition) is 5. The number of benzene rings is 1. The van der Waals surface area contributed by atoms with E-state index in [0.717, 1.165) is 19.1 Å². The lowest BCUT2D eigenvalue weighted by Crippen LogP contribution is -2.47. The third-order valence-corrected chi connectivity index (χ3v) is 4.50. The average molecular weight is 359 g/mol. The first kappa shape index (κ1) is 19.8. The van der Waals surface area contributed by atoms with Gasteiger partial charge in [-0.2, -0.15) is 0 Å². The van der Waals surface area contributed by atoms with Gasteiger partial charge in [-0.1, -0.05) is 0 Å². The minimum atomic E-state index is -0.515. The molecule has 1 unspecified atom stereocenters. The van der Waals surface area contributed by atoms with Gasteiger partial charge in [0.25, 0.3) is 5.91 Å². The van der Waals surface area contributed by atoms with Gasteiger partial charge in [-0.3, -0.25) is 14.4 Å². The van der Waals surface area contributed by atoms with E-state index in [1.165, 1.54) is 0 Å². The van der Waals surface area contributed by atoms with E-state index in [1.807, 2.05) is 6.92 Å². The van der Waals surface area contributed by atoms with Crippen LogP contribution in [0.25, 0.3) is 0 Å². The number of likely N-dealkylation sites (N-methyl/N-ethyl adjacent to an activating group) is 1. The average Bonchev–Trinajstić information content (AvgIpc) is 2.64. The second kappa shape index (κ2) is 9.85. The Bertz CT molecular complexity index is 653. The molecule has 140 valence electrons. The fraction of sp³-hybridized carbons (Fsp3) is 0.500. The van der Waals surface area contributed by atoms with Crippen molar-refractivity contribution >= 4 is 23.8 Å². The number of ketones is 2. The molecular formula is C20H25NO5. The normalized spacial score (nSPS) is 17.0. The van der Waals surface area contributed by atoms with Crippen molar-refractivity contribution < 1.29 is 23.9 Å². The van der Waals surface area contributed by atoms with Crippen LogP contribution in [0.15, 0.2) is 24.3 Å². The summed E-state index contributed by atoms with van der Waals surface area (Å²) in [6.45, 7) is 2.77. The minimum Gasteiger partial charge on any atom is -0.494 e. The van der Waals surface area contributed by atoms with E-state index in [0.29, 0.717) is 43.7 Å². The molecule has 6 heteroatoms. The van der Waals surface area contributed by atoms with Crippen molar-refractivity contribution in [2.24, 2.45) is 0 Å². The zero-order chi connectivity index (χ0) is 18.9. The van der Waals surface area contributed by atoms with Crippen molar-refractivity contribution in [2.45, 2.75) is 51.5 Å². The van der Waals surface area contributed by atoms with Gasteiger partial charge in [0.15, 0.2) is 5.78 Å². The first-order valence-corrected chi connectivity index (χ1v) is 9.08. The number of Topliss-reactive ketones (excluding diaryl/α,β-unsaturated/α-hetero) is 2. The van der Waals surface area contributed by atoms with Crippen LogP contribution in [-0.2, 0) is 14.4 Å². The molecule has 1 aliphatic rings. The third-order valence-electron chi connectivity index (χ3n) is 4.50. The Morgan fingerprint density at radius 2 is 1.96 bits per heavy atom. The standard InChI is InChI=1S/C20H25NO5/c1-2-21(18-11-8-16(23)14-19(18)24)20(25)15-6-9-17(10-7-15)26-13-5-3-4-12-22/h6-7,9-10,12,18H,2-5,8,11,13-14H2,1H3. The maximum Gasteiger partial charge on any atom is 0.254 e. The molecule has 2 rings (SSSR count). The second-order valence-electron chi connectivity index (χ2n) is 6.36. The van der Waals surface area contributed by atoms with Crippen LogP contribution in [0.2, 0.25) is 0 Å². The fourth-order valence-corrected chi connectivity index (χ4v) is 3.07. The molecular weight excluding hydrogens is 334 g/mol. The number of hydrogen-bond donors (Lipinski definition) is 0. The molecule has 0 saturated heterocycles. The molecule has 26 heavy (non-hydrogen) atoms. The van der Waals surface area contributed by atoms with Crippen LogP contribution in [0.4, 0.5) is 0 Å². The molecule has 1 atom stereocenters. The molecule has 1 aliphatic carbocycles. The van der Waals surface area contributed by atoms with E-state index < -0.39 is 6.04 Å². The number of rotatable bonds is 9. The monoisotopic (exact) mass is 359 g/mol. The van der Waals surface area contributed by atoms with Crippen LogP contribution in [0.3, 0.4) is 0 Å². The Hall–Kier alpha value is -2.50. The molecule has 1 fully saturated rings. The van der Waals surface area contributed by atoms with Crippen LogP contribution < -0.4 is 4.74 Å². The smallest absolute Gasteiger partial charge is 0.254 e. The van der Waals surface area contributed by atoms with Gasteiger partial charge in [0.1, 0.15) is 17.8 Å². The molecule has 0 aromatic heterocycles. The zero-order valence-electron chi connectivity index (χ0n) is 15.1. The van der Waals surface area contributed by atoms with Crippen molar-refractivity contribution in [1.29, 1.82) is 0 Å². The number of ether oxygens (including phenoxy) is 1. The molecule has 0 spiro atoms. The van der Waals surface area contributed by atoms with Crippen LogP contribution in [0.1, 0.15) is 55.8 Å². The Kier molecular flexibility index (Phi) is 7.51. The number of unbranched alkanes of at least 4 members (excludes halogenated alkanes) is 2. The Labute approximate surface area is 153 Å². The number of amides is 1. The van der Waals surface area contributed by atoms with Gasteiger partial charge in [-0.15, -0.1) is 0 Å². The van der Waals surface area contributed by atoms with E-state index >= 15 is 0 Å². The quantitative estimate of drug-likeness (QED) is 0.385. The molecule has 1 saturated carbocycles.